The first-order valence-electron chi connectivity index (χ1n) is 7.01. The number of aromatic nitrogens is 1. The molecule has 2 aromatic carbocycles. The van der Waals surface area contributed by atoms with Crippen LogP contribution in [0.4, 0.5) is 0 Å². The molecule has 22 heavy (non-hydrogen) atoms. The van der Waals surface area contributed by atoms with Crippen molar-refractivity contribution in [2.45, 2.75) is 0 Å². The van der Waals surface area contributed by atoms with Gasteiger partial charge in [0.1, 0.15) is 15.9 Å². The Balaban J connectivity index is 1.74. The lowest BCUT2D eigenvalue weighted by molar-refractivity contribution is 0.631. The van der Waals surface area contributed by atoms with Crippen LogP contribution in [0.15, 0.2) is 81.9 Å². The number of pyridine rings is 1. The van der Waals surface area contributed by atoms with Gasteiger partial charge in [0, 0.05) is 11.8 Å². The summed E-state index contributed by atoms with van der Waals surface area (Å²) in [6.45, 7) is 0. The van der Waals surface area contributed by atoms with Crippen molar-refractivity contribution in [1.29, 1.82) is 0 Å². The minimum absolute atomic E-state index is 0.806. The van der Waals surface area contributed by atoms with Crippen LogP contribution in [-0.4, -0.2) is 4.98 Å². The summed E-state index contributed by atoms with van der Waals surface area (Å²) in [7, 11) is 0. The van der Waals surface area contributed by atoms with Crippen LogP contribution in [0.5, 0.6) is 0 Å². The molecule has 2 nitrogen and oxygen atoms in total. The van der Waals surface area contributed by atoms with Gasteiger partial charge < -0.3 is 4.42 Å². The van der Waals surface area contributed by atoms with Crippen molar-refractivity contribution in [2.24, 2.45) is 0 Å². The zero-order chi connectivity index (χ0) is 14.9. The van der Waals surface area contributed by atoms with E-state index in [1.165, 1.54) is 11.1 Å². The molecule has 4 aromatic rings. The average molecular weight is 350 g/mol. The summed E-state index contributed by atoms with van der Waals surface area (Å²) >= 11 is 3.45. The summed E-state index contributed by atoms with van der Waals surface area (Å²) in [5.74, 6) is 0.850. The number of rotatable bonds is 2. The van der Waals surface area contributed by atoms with Crippen molar-refractivity contribution >= 4 is 26.9 Å². The molecule has 0 aliphatic heterocycles. The average Bonchev–Trinajstić information content (AvgIpc) is 3.02. The third-order valence-corrected chi connectivity index (χ3v) is 4.31. The minimum Gasteiger partial charge on any atom is -0.456 e. The van der Waals surface area contributed by atoms with Crippen LogP contribution >= 0.6 is 15.9 Å². The van der Waals surface area contributed by atoms with Crippen LogP contribution in [-0.2, 0) is 0 Å². The Hall–Kier alpha value is -2.39. The van der Waals surface area contributed by atoms with E-state index in [4.69, 9.17) is 4.42 Å². The summed E-state index contributed by atoms with van der Waals surface area (Å²) in [6.07, 6.45) is 1.73. The summed E-state index contributed by atoms with van der Waals surface area (Å²) in [5, 5.41) is 0.990. The highest BCUT2D eigenvalue weighted by molar-refractivity contribution is 9.10. The van der Waals surface area contributed by atoms with E-state index in [2.05, 4.69) is 57.3 Å². The maximum absolute atomic E-state index is 5.91. The van der Waals surface area contributed by atoms with Crippen molar-refractivity contribution in [3.63, 3.8) is 0 Å². The normalized spacial score (nSPS) is 11.0. The molecule has 0 saturated carbocycles. The zero-order valence-electron chi connectivity index (χ0n) is 11.7. The van der Waals surface area contributed by atoms with E-state index in [1.54, 1.807) is 6.20 Å². The lowest BCUT2D eigenvalue weighted by Crippen LogP contribution is -1.78. The van der Waals surface area contributed by atoms with Gasteiger partial charge in [-0.25, -0.2) is 4.98 Å². The first-order valence-corrected chi connectivity index (χ1v) is 7.80. The van der Waals surface area contributed by atoms with Gasteiger partial charge in [-0.15, -0.1) is 0 Å². The second-order valence-corrected chi connectivity index (χ2v) is 5.82. The maximum atomic E-state index is 5.91. The molecule has 2 aromatic heterocycles. The standard InChI is InChI=1S/C19H12BrNO/c20-19-16-12-18(22-17(16)10-11-21-19)15-8-6-14(7-9-15)13-4-2-1-3-5-13/h1-12H. The molecule has 0 amide bonds. The number of hydrogen-bond acceptors (Lipinski definition) is 2. The third kappa shape index (κ3) is 2.34. The fraction of sp³-hybridized carbons (Fsp3) is 0. The molecule has 0 N–H and O–H groups in total. The van der Waals surface area contributed by atoms with E-state index in [0.717, 1.165) is 26.9 Å². The smallest absolute Gasteiger partial charge is 0.139 e. The van der Waals surface area contributed by atoms with Gasteiger partial charge in [-0.3, -0.25) is 0 Å². The van der Waals surface area contributed by atoms with Crippen molar-refractivity contribution in [1.82, 2.24) is 4.98 Å². The Labute approximate surface area is 136 Å². The topological polar surface area (TPSA) is 26.0 Å². The van der Waals surface area contributed by atoms with Gasteiger partial charge in [0.15, 0.2) is 0 Å². The predicted octanol–water partition coefficient (Wildman–Crippen LogP) is 5.92. The van der Waals surface area contributed by atoms with Crippen LogP contribution in [0.25, 0.3) is 33.4 Å². The molecule has 0 atom stereocenters. The van der Waals surface area contributed by atoms with Gasteiger partial charge in [0.25, 0.3) is 0 Å². The molecule has 0 radical (unpaired) electrons. The van der Waals surface area contributed by atoms with Gasteiger partial charge in [-0.05, 0) is 39.2 Å². The third-order valence-electron chi connectivity index (χ3n) is 3.67. The number of benzene rings is 2. The van der Waals surface area contributed by atoms with E-state index in [1.807, 2.05) is 30.3 Å². The van der Waals surface area contributed by atoms with E-state index in [-0.39, 0.29) is 0 Å². The Morgan fingerprint density at radius 3 is 2.18 bits per heavy atom. The molecule has 0 fully saturated rings. The molecule has 3 heteroatoms. The number of furan rings is 1. The molecule has 4 rings (SSSR count). The van der Waals surface area contributed by atoms with Gasteiger partial charge in [0.05, 0.1) is 5.39 Å². The molecule has 0 aliphatic rings. The van der Waals surface area contributed by atoms with Crippen molar-refractivity contribution < 1.29 is 4.42 Å². The summed E-state index contributed by atoms with van der Waals surface area (Å²) in [5.41, 5.74) is 4.31. The maximum Gasteiger partial charge on any atom is 0.139 e. The highest BCUT2D eigenvalue weighted by Gasteiger charge is 2.09. The number of fused-ring (bicyclic) bond motifs is 1. The van der Waals surface area contributed by atoms with E-state index >= 15 is 0 Å². The SMILES string of the molecule is Brc1nccc2oc(-c3ccc(-c4ccccc4)cc3)cc12. The second kappa shape index (κ2) is 5.43. The predicted molar refractivity (Wildman–Crippen MR) is 92.6 cm³/mol. The molecule has 0 saturated heterocycles. The molecule has 0 bridgehead atoms. The Morgan fingerprint density at radius 1 is 0.773 bits per heavy atom. The van der Waals surface area contributed by atoms with Crippen LogP contribution in [0.2, 0.25) is 0 Å². The number of hydrogen-bond donors (Lipinski definition) is 0. The van der Waals surface area contributed by atoms with E-state index < -0.39 is 0 Å². The van der Waals surface area contributed by atoms with Crippen LogP contribution in [0, 0.1) is 0 Å². The Bertz CT molecular complexity index is 927. The van der Waals surface area contributed by atoms with Gasteiger partial charge in [-0.2, -0.15) is 0 Å². The summed E-state index contributed by atoms with van der Waals surface area (Å²) < 4.78 is 6.72. The molecule has 2 heterocycles. The fourth-order valence-corrected chi connectivity index (χ4v) is 2.96. The van der Waals surface area contributed by atoms with Crippen LogP contribution in [0.3, 0.4) is 0 Å². The van der Waals surface area contributed by atoms with Gasteiger partial charge >= 0.3 is 0 Å². The number of nitrogens with zero attached hydrogens (tertiary/aromatic N) is 1. The monoisotopic (exact) mass is 349 g/mol. The fourth-order valence-electron chi connectivity index (χ4n) is 2.53. The zero-order valence-corrected chi connectivity index (χ0v) is 13.2. The molecule has 0 aliphatic carbocycles. The lowest BCUT2D eigenvalue weighted by atomic mass is 10.0. The molecular formula is C19H12BrNO. The quantitative estimate of drug-likeness (QED) is 0.419. The first kappa shape index (κ1) is 13.3. The Kier molecular flexibility index (Phi) is 3.28. The number of halogens is 1. The molecule has 106 valence electrons. The van der Waals surface area contributed by atoms with Crippen molar-refractivity contribution in [3.05, 3.63) is 77.5 Å². The van der Waals surface area contributed by atoms with Crippen LogP contribution in [0.1, 0.15) is 0 Å². The summed E-state index contributed by atoms with van der Waals surface area (Å²) in [6, 6.07) is 22.6. The minimum atomic E-state index is 0.806. The van der Waals surface area contributed by atoms with Crippen molar-refractivity contribution in [2.75, 3.05) is 0 Å². The molecule has 0 unspecified atom stereocenters. The lowest BCUT2D eigenvalue weighted by Gasteiger charge is -2.02. The highest BCUT2D eigenvalue weighted by atomic mass is 79.9. The Morgan fingerprint density at radius 2 is 1.45 bits per heavy atom. The molecular weight excluding hydrogens is 338 g/mol. The van der Waals surface area contributed by atoms with Crippen LogP contribution < -0.4 is 0 Å². The van der Waals surface area contributed by atoms with Gasteiger partial charge in [0.2, 0.25) is 0 Å². The summed E-state index contributed by atoms with van der Waals surface area (Å²) in [4.78, 5) is 4.22. The highest BCUT2D eigenvalue weighted by Crippen LogP contribution is 2.32. The largest absolute Gasteiger partial charge is 0.456 e. The van der Waals surface area contributed by atoms with Crippen molar-refractivity contribution in [3.8, 4) is 22.5 Å². The van der Waals surface area contributed by atoms with E-state index in [9.17, 15) is 0 Å². The molecule has 0 spiro atoms. The van der Waals surface area contributed by atoms with Gasteiger partial charge in [-0.1, -0.05) is 54.6 Å². The second-order valence-electron chi connectivity index (χ2n) is 5.07. The van der Waals surface area contributed by atoms with E-state index in [0.29, 0.717) is 0 Å². The first-order chi connectivity index (χ1) is 10.8.